The summed E-state index contributed by atoms with van der Waals surface area (Å²) in [6, 6.07) is 15.3. The zero-order valence-corrected chi connectivity index (χ0v) is 12.9. The van der Waals surface area contributed by atoms with Crippen LogP contribution in [0.25, 0.3) is 0 Å². The largest absolute Gasteiger partial charge is 0.445 e. The Labute approximate surface area is 139 Å². The van der Waals surface area contributed by atoms with Crippen molar-refractivity contribution in [2.45, 2.75) is 13.0 Å². The number of nitrogens with one attached hydrogen (secondary N) is 1. The number of hydrogen-bond donors (Lipinski definition) is 1. The molecule has 5 heteroatoms. The lowest BCUT2D eigenvalue weighted by atomic mass is 10.1. The van der Waals surface area contributed by atoms with Crippen molar-refractivity contribution in [1.29, 1.82) is 5.26 Å². The Kier molecular flexibility index (Phi) is 6.37. The Morgan fingerprint density at radius 2 is 2.00 bits per heavy atom. The number of amides is 1. The predicted molar refractivity (Wildman–Crippen MR) is 87.2 cm³/mol. The fourth-order valence-electron chi connectivity index (χ4n) is 1.85. The number of benzene rings is 2. The van der Waals surface area contributed by atoms with Crippen LogP contribution in [0.5, 0.6) is 0 Å². The highest BCUT2D eigenvalue weighted by molar-refractivity contribution is 5.67. The van der Waals surface area contributed by atoms with E-state index in [1.165, 1.54) is 18.2 Å². The van der Waals surface area contributed by atoms with Crippen LogP contribution in [0.3, 0.4) is 0 Å². The molecule has 0 spiro atoms. The second-order valence-corrected chi connectivity index (χ2v) is 4.85. The van der Waals surface area contributed by atoms with E-state index < -0.39 is 11.9 Å². The van der Waals surface area contributed by atoms with E-state index in [1.54, 1.807) is 6.07 Å². The lowest BCUT2D eigenvalue weighted by molar-refractivity contribution is 0.140. The molecule has 120 valence electrons. The van der Waals surface area contributed by atoms with E-state index in [0.29, 0.717) is 18.5 Å². The topological polar surface area (TPSA) is 62.1 Å². The number of nitrogens with zero attached hydrogens (tertiary/aromatic N) is 1. The Bertz CT molecular complexity index is 802. The molecule has 0 bridgehead atoms. The van der Waals surface area contributed by atoms with E-state index in [-0.39, 0.29) is 12.2 Å². The third-order valence-electron chi connectivity index (χ3n) is 3.05. The number of nitriles is 1. The zero-order chi connectivity index (χ0) is 17.2. The number of carbonyl (C=O) groups is 1. The van der Waals surface area contributed by atoms with Crippen LogP contribution in [0.2, 0.25) is 0 Å². The first-order valence-electron chi connectivity index (χ1n) is 7.32. The normalized spacial score (nSPS) is 9.33. The van der Waals surface area contributed by atoms with Crippen LogP contribution in [-0.4, -0.2) is 12.6 Å². The highest BCUT2D eigenvalue weighted by atomic mass is 19.1. The van der Waals surface area contributed by atoms with Gasteiger partial charge in [-0.05, 0) is 23.8 Å². The molecule has 2 rings (SSSR count). The molecule has 0 radical (unpaired) electrons. The summed E-state index contributed by atoms with van der Waals surface area (Å²) in [6.07, 6.45) is -0.0890. The number of hydrogen-bond acceptors (Lipinski definition) is 3. The molecule has 24 heavy (non-hydrogen) atoms. The smallest absolute Gasteiger partial charge is 0.407 e. The highest BCUT2D eigenvalue weighted by Crippen LogP contribution is 2.08. The van der Waals surface area contributed by atoms with Gasteiger partial charge in [-0.1, -0.05) is 42.2 Å². The monoisotopic (exact) mass is 322 g/mol. The van der Waals surface area contributed by atoms with Crippen LogP contribution in [0.4, 0.5) is 9.18 Å². The summed E-state index contributed by atoms with van der Waals surface area (Å²) in [4.78, 5) is 11.5. The molecule has 0 aromatic heterocycles. The van der Waals surface area contributed by atoms with Crippen LogP contribution in [-0.2, 0) is 11.3 Å². The van der Waals surface area contributed by atoms with Gasteiger partial charge in [0.15, 0.2) is 0 Å². The molecule has 0 fully saturated rings. The molecule has 0 unspecified atom stereocenters. The van der Waals surface area contributed by atoms with Gasteiger partial charge in [0.25, 0.3) is 0 Å². The second-order valence-electron chi connectivity index (χ2n) is 4.85. The molecule has 0 aliphatic rings. The van der Waals surface area contributed by atoms with Crippen molar-refractivity contribution in [2.75, 3.05) is 6.54 Å². The fourth-order valence-corrected chi connectivity index (χ4v) is 1.85. The molecular weight excluding hydrogens is 307 g/mol. The molecule has 0 saturated heterocycles. The third-order valence-corrected chi connectivity index (χ3v) is 3.05. The minimum atomic E-state index is -0.564. The summed E-state index contributed by atoms with van der Waals surface area (Å²) in [5.74, 6) is 5.10. The van der Waals surface area contributed by atoms with Gasteiger partial charge in [-0.3, -0.25) is 0 Å². The van der Waals surface area contributed by atoms with Crippen molar-refractivity contribution in [3.63, 3.8) is 0 Å². The number of alkyl carbamates (subject to hydrolysis) is 1. The molecule has 2 aromatic rings. The van der Waals surface area contributed by atoms with Gasteiger partial charge in [-0.25, -0.2) is 9.18 Å². The van der Waals surface area contributed by atoms with Crippen molar-refractivity contribution in [3.05, 3.63) is 71.0 Å². The highest BCUT2D eigenvalue weighted by Gasteiger charge is 2.01. The Morgan fingerprint density at radius 1 is 1.21 bits per heavy atom. The maximum absolute atomic E-state index is 13.2. The quantitative estimate of drug-likeness (QED) is 0.693. The van der Waals surface area contributed by atoms with Crippen LogP contribution >= 0.6 is 0 Å². The standard InChI is InChI=1S/C19H15FN2O2/c20-18-10-9-15(12-17(18)13-21)6-4-5-11-22-19(23)24-14-16-7-2-1-3-8-16/h1-3,7-10,12H,5,11,14H2,(H,22,23). The van der Waals surface area contributed by atoms with E-state index in [0.717, 1.165) is 5.56 Å². The lowest BCUT2D eigenvalue weighted by Gasteiger charge is -2.05. The van der Waals surface area contributed by atoms with E-state index in [1.807, 2.05) is 30.3 Å². The molecule has 0 atom stereocenters. The molecular formula is C19H15FN2O2. The molecule has 0 aliphatic heterocycles. The summed E-state index contributed by atoms with van der Waals surface area (Å²) in [5, 5.41) is 11.3. The van der Waals surface area contributed by atoms with Gasteiger partial charge in [0, 0.05) is 18.5 Å². The molecule has 2 aromatic carbocycles. The molecule has 1 amide bonds. The minimum absolute atomic E-state index is 0.0376. The molecule has 1 N–H and O–H groups in total. The summed E-state index contributed by atoms with van der Waals surface area (Å²) >= 11 is 0. The first-order valence-corrected chi connectivity index (χ1v) is 7.32. The van der Waals surface area contributed by atoms with Crippen LogP contribution in [0.15, 0.2) is 48.5 Å². The molecule has 0 saturated carbocycles. The van der Waals surface area contributed by atoms with Crippen molar-refractivity contribution >= 4 is 6.09 Å². The summed E-state index contributed by atoms with van der Waals surface area (Å²) in [5.41, 5.74) is 1.43. The SMILES string of the molecule is N#Cc1cc(C#CCCNC(=O)OCc2ccccc2)ccc1F. The Morgan fingerprint density at radius 3 is 2.75 bits per heavy atom. The molecule has 0 heterocycles. The zero-order valence-electron chi connectivity index (χ0n) is 12.9. The maximum Gasteiger partial charge on any atom is 0.407 e. The fraction of sp³-hybridized carbons (Fsp3) is 0.158. The van der Waals surface area contributed by atoms with E-state index in [9.17, 15) is 9.18 Å². The average Bonchev–Trinajstić information content (AvgIpc) is 2.62. The average molecular weight is 322 g/mol. The van der Waals surface area contributed by atoms with Gasteiger partial charge in [-0.2, -0.15) is 5.26 Å². The van der Waals surface area contributed by atoms with Crippen molar-refractivity contribution in [2.24, 2.45) is 0 Å². The number of halogens is 1. The third kappa shape index (κ3) is 5.47. The van der Waals surface area contributed by atoms with Gasteiger partial charge >= 0.3 is 6.09 Å². The summed E-state index contributed by atoms with van der Waals surface area (Å²) in [6.45, 7) is 0.553. The van der Waals surface area contributed by atoms with Crippen molar-refractivity contribution < 1.29 is 13.9 Å². The van der Waals surface area contributed by atoms with Gasteiger partial charge in [0.2, 0.25) is 0 Å². The van der Waals surface area contributed by atoms with Gasteiger partial charge in [0.1, 0.15) is 18.5 Å². The van der Waals surface area contributed by atoms with Crippen molar-refractivity contribution in [3.8, 4) is 17.9 Å². The predicted octanol–water partition coefficient (Wildman–Crippen LogP) is 3.37. The Hall–Kier alpha value is -3.31. The number of rotatable bonds is 4. The van der Waals surface area contributed by atoms with Crippen LogP contribution in [0.1, 0.15) is 23.1 Å². The van der Waals surface area contributed by atoms with E-state index in [4.69, 9.17) is 10.00 Å². The van der Waals surface area contributed by atoms with Gasteiger partial charge in [-0.15, -0.1) is 0 Å². The Balaban J connectivity index is 1.71. The van der Waals surface area contributed by atoms with Crippen LogP contribution < -0.4 is 5.32 Å². The number of ether oxygens (including phenoxy) is 1. The van der Waals surface area contributed by atoms with E-state index in [2.05, 4.69) is 17.2 Å². The van der Waals surface area contributed by atoms with Crippen LogP contribution in [0, 0.1) is 29.0 Å². The summed E-state index contributed by atoms with van der Waals surface area (Å²) in [7, 11) is 0. The minimum Gasteiger partial charge on any atom is -0.445 e. The summed E-state index contributed by atoms with van der Waals surface area (Å²) < 4.78 is 18.2. The maximum atomic E-state index is 13.2. The first kappa shape index (κ1) is 17.1. The number of carbonyl (C=O) groups excluding carboxylic acids is 1. The van der Waals surface area contributed by atoms with E-state index >= 15 is 0 Å². The first-order chi connectivity index (χ1) is 11.7. The molecule has 0 aliphatic carbocycles. The van der Waals surface area contributed by atoms with Gasteiger partial charge < -0.3 is 10.1 Å². The van der Waals surface area contributed by atoms with Crippen molar-refractivity contribution in [1.82, 2.24) is 5.32 Å². The second kappa shape index (κ2) is 8.97. The molecule has 4 nitrogen and oxygen atoms in total. The lowest BCUT2D eigenvalue weighted by Crippen LogP contribution is -2.24. The van der Waals surface area contributed by atoms with Gasteiger partial charge in [0.05, 0.1) is 5.56 Å².